The van der Waals surface area contributed by atoms with Crippen LogP contribution in [0.25, 0.3) is 0 Å². The molecule has 92 valence electrons. The van der Waals surface area contributed by atoms with Gasteiger partial charge in [0, 0.05) is 11.6 Å². The number of hydrogen-bond acceptors (Lipinski definition) is 3. The quantitative estimate of drug-likeness (QED) is 0.823. The van der Waals surface area contributed by atoms with E-state index >= 15 is 0 Å². The zero-order chi connectivity index (χ0) is 12.3. The average molecular weight is 254 g/mol. The number of carbonyl (C=O) groups excluding carboxylic acids is 1. The van der Waals surface area contributed by atoms with Crippen molar-refractivity contribution in [1.29, 1.82) is 0 Å². The molecule has 3 nitrogen and oxygen atoms in total. The summed E-state index contributed by atoms with van der Waals surface area (Å²) in [5.74, 6) is 0.201. The van der Waals surface area contributed by atoms with Crippen molar-refractivity contribution in [3.8, 4) is 0 Å². The van der Waals surface area contributed by atoms with E-state index in [9.17, 15) is 4.79 Å². The van der Waals surface area contributed by atoms with Crippen molar-refractivity contribution in [2.75, 3.05) is 13.7 Å². The van der Waals surface area contributed by atoms with E-state index in [0.717, 1.165) is 30.0 Å². The van der Waals surface area contributed by atoms with Gasteiger partial charge >= 0.3 is 5.97 Å². The van der Waals surface area contributed by atoms with Gasteiger partial charge in [0.05, 0.1) is 7.11 Å². The van der Waals surface area contributed by atoms with Crippen LogP contribution in [0, 0.1) is 0 Å². The maximum Gasteiger partial charge on any atom is 0.322 e. The second-order valence-corrected chi connectivity index (χ2v) is 4.69. The predicted molar refractivity (Wildman–Crippen MR) is 67.2 cm³/mol. The summed E-state index contributed by atoms with van der Waals surface area (Å²) in [7, 11) is 1.42. The summed E-state index contributed by atoms with van der Waals surface area (Å²) < 4.78 is 4.73. The Morgan fingerprint density at radius 3 is 2.76 bits per heavy atom. The normalized spacial score (nSPS) is 24.4. The largest absolute Gasteiger partial charge is 0.468 e. The third-order valence-corrected chi connectivity index (χ3v) is 3.59. The van der Waals surface area contributed by atoms with Crippen LogP contribution in [0.5, 0.6) is 0 Å². The van der Waals surface area contributed by atoms with Crippen LogP contribution in [-0.2, 0) is 9.53 Å². The van der Waals surface area contributed by atoms with Gasteiger partial charge in [-0.15, -0.1) is 0 Å². The lowest BCUT2D eigenvalue weighted by atomic mass is 9.89. The highest BCUT2D eigenvalue weighted by Crippen LogP contribution is 2.30. The molecule has 0 radical (unpaired) electrons. The minimum Gasteiger partial charge on any atom is -0.468 e. The molecule has 1 aromatic rings. The van der Waals surface area contributed by atoms with Gasteiger partial charge in [0.1, 0.15) is 6.04 Å². The van der Waals surface area contributed by atoms with Crippen molar-refractivity contribution in [2.24, 2.45) is 0 Å². The van der Waals surface area contributed by atoms with Crippen LogP contribution in [0.2, 0.25) is 5.02 Å². The maximum atomic E-state index is 11.4. The van der Waals surface area contributed by atoms with Gasteiger partial charge in [-0.25, -0.2) is 0 Å². The molecule has 0 aliphatic carbocycles. The Hall–Kier alpha value is -1.06. The maximum absolute atomic E-state index is 11.4. The molecule has 1 aromatic carbocycles. The van der Waals surface area contributed by atoms with E-state index in [1.165, 1.54) is 7.11 Å². The lowest BCUT2D eigenvalue weighted by Crippen LogP contribution is -2.43. The van der Waals surface area contributed by atoms with Crippen LogP contribution < -0.4 is 5.32 Å². The molecule has 0 saturated carbocycles. The second kappa shape index (κ2) is 5.52. The molecule has 4 heteroatoms. The molecule has 1 aliphatic rings. The van der Waals surface area contributed by atoms with Crippen LogP contribution in [-0.4, -0.2) is 25.7 Å². The summed E-state index contributed by atoms with van der Waals surface area (Å²) in [6, 6.07) is 7.71. The van der Waals surface area contributed by atoms with Crippen molar-refractivity contribution in [3.05, 3.63) is 34.9 Å². The molecule has 2 atom stereocenters. The van der Waals surface area contributed by atoms with Crippen molar-refractivity contribution in [1.82, 2.24) is 5.32 Å². The zero-order valence-corrected chi connectivity index (χ0v) is 10.5. The number of carbonyl (C=O) groups is 1. The van der Waals surface area contributed by atoms with Gasteiger partial charge in [-0.05, 0) is 30.4 Å². The summed E-state index contributed by atoms with van der Waals surface area (Å²) >= 11 is 6.16. The first-order valence-electron chi connectivity index (χ1n) is 5.78. The summed E-state index contributed by atoms with van der Waals surface area (Å²) in [6.07, 6.45) is 1.75. The van der Waals surface area contributed by atoms with Crippen molar-refractivity contribution in [2.45, 2.75) is 24.8 Å². The molecule has 0 amide bonds. The van der Waals surface area contributed by atoms with E-state index in [4.69, 9.17) is 16.3 Å². The van der Waals surface area contributed by atoms with Gasteiger partial charge < -0.3 is 10.1 Å². The fourth-order valence-corrected chi connectivity index (χ4v) is 2.56. The molecule has 0 aromatic heterocycles. The van der Waals surface area contributed by atoms with E-state index in [2.05, 4.69) is 5.32 Å². The second-order valence-electron chi connectivity index (χ2n) is 4.28. The monoisotopic (exact) mass is 253 g/mol. The number of rotatable bonds is 2. The summed E-state index contributed by atoms with van der Waals surface area (Å²) in [5, 5.41) is 4.01. The lowest BCUT2D eigenvalue weighted by molar-refractivity contribution is -0.143. The first kappa shape index (κ1) is 12.4. The minimum absolute atomic E-state index is 0.168. The third-order valence-electron chi connectivity index (χ3n) is 3.25. The average Bonchev–Trinajstić information content (AvgIpc) is 2.39. The number of methoxy groups -OCH3 is 1. The van der Waals surface area contributed by atoms with E-state index in [1.807, 2.05) is 24.3 Å². The molecule has 17 heavy (non-hydrogen) atoms. The highest BCUT2D eigenvalue weighted by atomic mass is 35.5. The molecule has 1 aliphatic heterocycles. The highest BCUT2D eigenvalue weighted by Gasteiger charge is 2.27. The number of hydrogen-bond donors (Lipinski definition) is 1. The topological polar surface area (TPSA) is 38.3 Å². The van der Waals surface area contributed by atoms with Gasteiger partial charge in [-0.1, -0.05) is 29.8 Å². The van der Waals surface area contributed by atoms with E-state index in [-0.39, 0.29) is 12.0 Å². The minimum atomic E-state index is -0.178. The van der Waals surface area contributed by atoms with Crippen LogP contribution in [0.4, 0.5) is 0 Å². The van der Waals surface area contributed by atoms with Crippen LogP contribution in [0.1, 0.15) is 24.3 Å². The SMILES string of the molecule is COC(=O)[C@@H]1CC[C@H](c2ccccc2Cl)CN1. The standard InChI is InChI=1S/C13H16ClNO2/c1-17-13(16)12-7-6-9(8-15-12)10-4-2-3-5-11(10)14/h2-5,9,12,15H,6-8H2,1H3/t9-,12-/m0/s1. The van der Waals surface area contributed by atoms with Gasteiger partial charge in [-0.2, -0.15) is 0 Å². The third kappa shape index (κ3) is 2.79. The highest BCUT2D eigenvalue weighted by molar-refractivity contribution is 6.31. The van der Waals surface area contributed by atoms with E-state index in [1.54, 1.807) is 0 Å². The molecule has 0 bridgehead atoms. The molecule has 1 fully saturated rings. The fraction of sp³-hybridized carbons (Fsp3) is 0.462. The van der Waals surface area contributed by atoms with Crippen molar-refractivity contribution < 1.29 is 9.53 Å². The summed E-state index contributed by atoms with van der Waals surface area (Å²) in [5.41, 5.74) is 1.16. The number of nitrogens with one attached hydrogen (secondary N) is 1. The fourth-order valence-electron chi connectivity index (χ4n) is 2.27. The molecular weight excluding hydrogens is 238 g/mol. The molecular formula is C13H16ClNO2. The molecule has 1 heterocycles. The first-order valence-corrected chi connectivity index (χ1v) is 6.16. The molecule has 1 saturated heterocycles. The lowest BCUT2D eigenvalue weighted by Gasteiger charge is -2.29. The number of esters is 1. The summed E-state index contributed by atoms with van der Waals surface area (Å²) in [4.78, 5) is 11.4. The Labute approximate surface area is 106 Å². The van der Waals surface area contributed by atoms with Crippen LogP contribution in [0.3, 0.4) is 0 Å². The zero-order valence-electron chi connectivity index (χ0n) is 9.78. The molecule has 1 N–H and O–H groups in total. The first-order chi connectivity index (χ1) is 8.22. The van der Waals surface area contributed by atoms with Crippen LogP contribution >= 0.6 is 11.6 Å². The van der Waals surface area contributed by atoms with Crippen molar-refractivity contribution >= 4 is 17.6 Å². The Kier molecular flexibility index (Phi) is 4.02. The smallest absolute Gasteiger partial charge is 0.322 e. The van der Waals surface area contributed by atoms with Crippen LogP contribution in [0.15, 0.2) is 24.3 Å². The Bertz CT molecular complexity index is 400. The van der Waals surface area contributed by atoms with E-state index < -0.39 is 0 Å². The van der Waals surface area contributed by atoms with Gasteiger partial charge in [0.15, 0.2) is 0 Å². The Balaban J connectivity index is 2.00. The number of ether oxygens (including phenoxy) is 1. The van der Waals surface area contributed by atoms with Gasteiger partial charge in [0.2, 0.25) is 0 Å². The van der Waals surface area contributed by atoms with Gasteiger partial charge in [-0.3, -0.25) is 4.79 Å². The predicted octanol–water partition coefficient (Wildman–Crippen LogP) is 2.35. The molecule has 0 spiro atoms. The van der Waals surface area contributed by atoms with E-state index in [0.29, 0.717) is 5.92 Å². The van der Waals surface area contributed by atoms with Gasteiger partial charge in [0.25, 0.3) is 0 Å². The number of piperidine rings is 1. The summed E-state index contributed by atoms with van der Waals surface area (Å²) in [6.45, 7) is 0.767. The van der Waals surface area contributed by atoms with Crippen molar-refractivity contribution in [3.63, 3.8) is 0 Å². The number of benzene rings is 1. The Morgan fingerprint density at radius 1 is 1.41 bits per heavy atom. The molecule has 2 rings (SSSR count). The number of halogens is 1. The Morgan fingerprint density at radius 2 is 2.18 bits per heavy atom. The molecule has 0 unspecified atom stereocenters.